The number of halogens is 1. The summed E-state index contributed by atoms with van der Waals surface area (Å²) in [6.45, 7) is 1.33. The fourth-order valence-corrected chi connectivity index (χ4v) is 2.55. The Bertz CT molecular complexity index is 788. The number of amides is 1. The fraction of sp³-hybridized carbons (Fsp3) is 0.250. The lowest BCUT2D eigenvalue weighted by molar-refractivity contribution is 0.0949. The highest BCUT2D eigenvalue weighted by molar-refractivity contribution is 6.32. The first-order valence-electron chi connectivity index (χ1n) is 7.19. The summed E-state index contributed by atoms with van der Waals surface area (Å²) in [6.07, 6.45) is 2.26. The Labute approximate surface area is 137 Å². The van der Waals surface area contributed by atoms with E-state index in [1.54, 1.807) is 18.2 Å². The van der Waals surface area contributed by atoms with E-state index in [9.17, 15) is 9.59 Å². The van der Waals surface area contributed by atoms with Crippen LogP contribution in [-0.4, -0.2) is 24.1 Å². The van der Waals surface area contributed by atoms with Gasteiger partial charge in [-0.2, -0.15) is 0 Å². The van der Waals surface area contributed by atoms with Crippen molar-refractivity contribution in [2.75, 3.05) is 13.2 Å². The maximum absolute atomic E-state index is 12.0. The van der Waals surface area contributed by atoms with Gasteiger partial charge in [-0.15, -0.1) is 0 Å². The third kappa shape index (κ3) is 3.48. The second kappa shape index (κ2) is 6.75. The molecule has 0 bridgehead atoms. The Morgan fingerprint density at radius 1 is 1.30 bits per heavy atom. The van der Waals surface area contributed by atoms with Crippen LogP contribution in [0.25, 0.3) is 0 Å². The van der Waals surface area contributed by atoms with Gasteiger partial charge in [-0.1, -0.05) is 11.6 Å². The summed E-state index contributed by atoms with van der Waals surface area (Å²) in [4.78, 5) is 26.1. The van der Waals surface area contributed by atoms with Gasteiger partial charge in [0.05, 0.1) is 18.2 Å². The summed E-state index contributed by atoms with van der Waals surface area (Å²) in [5, 5.41) is 3.13. The highest BCUT2D eigenvalue weighted by Gasteiger charge is 2.16. The van der Waals surface area contributed by atoms with Crippen molar-refractivity contribution in [3.8, 4) is 11.5 Å². The molecule has 1 amide bonds. The number of benzene rings is 1. The number of hydrogen-bond acceptors (Lipinski definition) is 4. The first-order chi connectivity index (χ1) is 11.1. The number of nitrogens with one attached hydrogen (secondary N) is 2. The Morgan fingerprint density at radius 2 is 2.13 bits per heavy atom. The minimum absolute atomic E-state index is 0.0629. The summed E-state index contributed by atoms with van der Waals surface area (Å²) in [7, 11) is 0. The molecule has 0 saturated heterocycles. The first kappa shape index (κ1) is 15.4. The summed E-state index contributed by atoms with van der Waals surface area (Å²) >= 11 is 6.20. The number of rotatable bonds is 3. The minimum atomic E-state index is -0.449. The number of pyridine rings is 1. The third-order valence-corrected chi connectivity index (χ3v) is 3.66. The number of ether oxygens (including phenoxy) is 2. The van der Waals surface area contributed by atoms with Crippen LogP contribution in [0, 0.1) is 0 Å². The van der Waals surface area contributed by atoms with Crippen molar-refractivity contribution in [2.45, 2.75) is 13.0 Å². The van der Waals surface area contributed by atoms with E-state index in [1.807, 2.05) is 0 Å². The molecule has 2 N–H and O–H groups in total. The Balaban J connectivity index is 1.75. The molecule has 1 aromatic carbocycles. The van der Waals surface area contributed by atoms with Gasteiger partial charge in [0.25, 0.3) is 11.5 Å². The number of carbonyl (C=O) groups excluding carboxylic acids is 1. The highest BCUT2D eigenvalue weighted by Crippen LogP contribution is 2.37. The monoisotopic (exact) mass is 334 g/mol. The zero-order chi connectivity index (χ0) is 16.2. The van der Waals surface area contributed by atoms with Crippen LogP contribution >= 0.6 is 11.6 Å². The van der Waals surface area contributed by atoms with Gasteiger partial charge in [-0.3, -0.25) is 9.59 Å². The predicted molar refractivity (Wildman–Crippen MR) is 85.3 cm³/mol. The van der Waals surface area contributed by atoms with Crippen LogP contribution in [0.5, 0.6) is 11.5 Å². The van der Waals surface area contributed by atoms with Crippen LogP contribution in [0.1, 0.15) is 22.3 Å². The molecule has 23 heavy (non-hydrogen) atoms. The van der Waals surface area contributed by atoms with Gasteiger partial charge in [0, 0.05) is 19.2 Å². The molecule has 7 heteroatoms. The van der Waals surface area contributed by atoms with Crippen molar-refractivity contribution in [3.05, 3.63) is 57.0 Å². The molecular weight excluding hydrogens is 320 g/mol. The molecule has 120 valence electrons. The smallest absolute Gasteiger partial charge is 0.260 e. The predicted octanol–water partition coefficient (Wildman–Crippen LogP) is 2.12. The van der Waals surface area contributed by atoms with Gasteiger partial charge in [0.1, 0.15) is 5.56 Å². The van der Waals surface area contributed by atoms with Gasteiger partial charge in [-0.25, -0.2) is 0 Å². The molecule has 2 heterocycles. The molecule has 0 unspecified atom stereocenters. The van der Waals surface area contributed by atoms with Gasteiger partial charge < -0.3 is 19.8 Å². The zero-order valence-corrected chi connectivity index (χ0v) is 13.0. The van der Waals surface area contributed by atoms with Crippen LogP contribution in [0.2, 0.25) is 5.02 Å². The van der Waals surface area contributed by atoms with Gasteiger partial charge in [0.15, 0.2) is 11.5 Å². The van der Waals surface area contributed by atoms with Gasteiger partial charge >= 0.3 is 0 Å². The van der Waals surface area contributed by atoms with E-state index in [1.165, 1.54) is 12.3 Å². The quantitative estimate of drug-likeness (QED) is 0.901. The highest BCUT2D eigenvalue weighted by atomic mass is 35.5. The molecule has 2 aromatic rings. The second-order valence-electron chi connectivity index (χ2n) is 5.05. The largest absolute Gasteiger partial charge is 0.489 e. The molecule has 0 fully saturated rings. The van der Waals surface area contributed by atoms with E-state index < -0.39 is 11.5 Å². The molecule has 1 aliphatic rings. The van der Waals surface area contributed by atoms with E-state index in [0.717, 1.165) is 12.0 Å². The number of aromatic amines is 1. The van der Waals surface area contributed by atoms with Crippen molar-refractivity contribution < 1.29 is 14.3 Å². The van der Waals surface area contributed by atoms with Crippen molar-refractivity contribution in [1.82, 2.24) is 10.3 Å². The lowest BCUT2D eigenvalue weighted by Crippen LogP contribution is -2.28. The molecule has 0 atom stereocenters. The lowest BCUT2D eigenvalue weighted by Gasteiger charge is -2.12. The Hall–Kier alpha value is -2.47. The number of carbonyl (C=O) groups is 1. The van der Waals surface area contributed by atoms with Crippen molar-refractivity contribution in [1.29, 1.82) is 0 Å². The average Bonchev–Trinajstić information content (AvgIpc) is 2.79. The van der Waals surface area contributed by atoms with Crippen molar-refractivity contribution >= 4 is 17.5 Å². The molecule has 1 aromatic heterocycles. The first-order valence-corrected chi connectivity index (χ1v) is 7.57. The summed E-state index contributed by atoms with van der Waals surface area (Å²) in [6, 6.07) is 6.56. The number of hydrogen-bond donors (Lipinski definition) is 2. The number of aromatic nitrogens is 1. The Kier molecular flexibility index (Phi) is 4.52. The van der Waals surface area contributed by atoms with E-state index in [-0.39, 0.29) is 12.1 Å². The summed E-state index contributed by atoms with van der Waals surface area (Å²) in [5.74, 6) is 0.644. The summed E-state index contributed by atoms with van der Waals surface area (Å²) < 4.78 is 11.2. The number of fused-ring (bicyclic) bond motifs is 1. The minimum Gasteiger partial charge on any atom is -0.489 e. The molecule has 1 aliphatic heterocycles. The maximum atomic E-state index is 12.0. The molecule has 0 saturated carbocycles. The molecular formula is C16H15ClN2O4. The van der Waals surface area contributed by atoms with Crippen LogP contribution in [0.4, 0.5) is 0 Å². The van der Waals surface area contributed by atoms with E-state index in [2.05, 4.69) is 10.3 Å². The standard InChI is InChI=1S/C16H15ClN2O4/c17-12-7-10(8-13-14(12)23-6-2-5-22-13)9-19-16(21)11-3-1-4-18-15(11)20/h1,3-4,7-8H,2,5-6,9H2,(H,18,20)(H,19,21). The van der Waals surface area contributed by atoms with Crippen LogP contribution < -0.4 is 20.3 Å². The normalized spacial score (nSPS) is 13.3. The van der Waals surface area contributed by atoms with E-state index in [0.29, 0.717) is 29.7 Å². The Morgan fingerprint density at radius 3 is 2.96 bits per heavy atom. The van der Waals surface area contributed by atoms with Crippen LogP contribution in [0.3, 0.4) is 0 Å². The number of H-pyrrole nitrogens is 1. The molecule has 0 spiro atoms. The van der Waals surface area contributed by atoms with Gasteiger partial charge in [-0.05, 0) is 29.8 Å². The van der Waals surface area contributed by atoms with Crippen LogP contribution in [-0.2, 0) is 6.54 Å². The van der Waals surface area contributed by atoms with Gasteiger partial charge in [0.2, 0.25) is 0 Å². The molecule has 6 nitrogen and oxygen atoms in total. The second-order valence-corrected chi connectivity index (χ2v) is 5.46. The third-order valence-electron chi connectivity index (χ3n) is 3.38. The van der Waals surface area contributed by atoms with Crippen molar-refractivity contribution in [2.24, 2.45) is 0 Å². The lowest BCUT2D eigenvalue weighted by atomic mass is 10.2. The SMILES string of the molecule is O=C(NCc1cc(Cl)c2c(c1)OCCCO2)c1ccc[nH]c1=O. The molecule has 3 rings (SSSR count). The molecule has 0 aliphatic carbocycles. The summed E-state index contributed by atoms with van der Waals surface area (Å²) in [5.41, 5.74) is 0.398. The van der Waals surface area contributed by atoms with Crippen LogP contribution in [0.15, 0.2) is 35.3 Å². The van der Waals surface area contributed by atoms with E-state index in [4.69, 9.17) is 21.1 Å². The van der Waals surface area contributed by atoms with Crippen molar-refractivity contribution in [3.63, 3.8) is 0 Å². The molecule has 0 radical (unpaired) electrons. The topological polar surface area (TPSA) is 80.4 Å². The van der Waals surface area contributed by atoms with E-state index >= 15 is 0 Å². The zero-order valence-electron chi connectivity index (χ0n) is 12.2. The maximum Gasteiger partial charge on any atom is 0.260 e. The average molecular weight is 335 g/mol. The fourth-order valence-electron chi connectivity index (χ4n) is 2.26.